The Kier molecular flexibility index (Phi) is 5.14. The summed E-state index contributed by atoms with van der Waals surface area (Å²) in [4.78, 5) is 3.92. The summed E-state index contributed by atoms with van der Waals surface area (Å²) >= 11 is 0. The molecule has 0 fully saturated rings. The van der Waals surface area contributed by atoms with Gasteiger partial charge in [-0.25, -0.2) is 0 Å². The molecule has 0 saturated heterocycles. The predicted octanol–water partition coefficient (Wildman–Crippen LogP) is 3.80. The maximum absolute atomic E-state index is 12.4. The van der Waals surface area contributed by atoms with Gasteiger partial charge in [-0.05, 0) is 31.5 Å². The van der Waals surface area contributed by atoms with Crippen LogP contribution in [0.5, 0.6) is 0 Å². The lowest BCUT2D eigenvalue weighted by Gasteiger charge is -2.19. The summed E-state index contributed by atoms with van der Waals surface area (Å²) in [7, 11) is 1.80. The Hall–Kier alpha value is -1.10. The molecular formula is C13H19F3N2. The van der Waals surface area contributed by atoms with Gasteiger partial charge in [-0.15, -0.1) is 0 Å². The van der Waals surface area contributed by atoms with E-state index in [9.17, 15) is 13.2 Å². The van der Waals surface area contributed by atoms with Crippen LogP contribution in [0, 0.1) is 5.92 Å². The highest BCUT2D eigenvalue weighted by Crippen LogP contribution is 2.29. The largest absolute Gasteiger partial charge is 0.417 e. The van der Waals surface area contributed by atoms with Crippen LogP contribution in [0.3, 0.4) is 0 Å². The van der Waals surface area contributed by atoms with Gasteiger partial charge in [0.1, 0.15) is 0 Å². The van der Waals surface area contributed by atoms with Gasteiger partial charge in [0.05, 0.1) is 11.3 Å². The molecule has 102 valence electrons. The third-order valence-electron chi connectivity index (χ3n) is 3.15. The van der Waals surface area contributed by atoms with Crippen LogP contribution in [0.15, 0.2) is 18.3 Å². The fourth-order valence-corrected chi connectivity index (χ4v) is 1.73. The highest BCUT2D eigenvalue weighted by atomic mass is 19.4. The van der Waals surface area contributed by atoms with E-state index in [4.69, 9.17) is 0 Å². The number of alkyl halides is 3. The molecule has 1 aromatic heterocycles. The van der Waals surface area contributed by atoms with E-state index in [2.05, 4.69) is 24.1 Å². The van der Waals surface area contributed by atoms with Gasteiger partial charge >= 0.3 is 6.18 Å². The Morgan fingerprint density at radius 1 is 1.33 bits per heavy atom. The molecule has 0 radical (unpaired) electrons. The molecule has 1 rings (SSSR count). The summed E-state index contributed by atoms with van der Waals surface area (Å²) in [6.45, 7) is 4.21. The van der Waals surface area contributed by atoms with Gasteiger partial charge in [0, 0.05) is 12.2 Å². The van der Waals surface area contributed by atoms with E-state index >= 15 is 0 Å². The molecule has 1 heterocycles. The van der Waals surface area contributed by atoms with Gasteiger partial charge in [0.25, 0.3) is 0 Å². The van der Waals surface area contributed by atoms with Crippen LogP contribution in [0.4, 0.5) is 13.2 Å². The first-order valence-corrected chi connectivity index (χ1v) is 6.08. The number of nitrogens with one attached hydrogen (secondary N) is 1. The maximum Gasteiger partial charge on any atom is 0.417 e. The average molecular weight is 260 g/mol. The Balaban J connectivity index is 2.82. The van der Waals surface area contributed by atoms with Crippen LogP contribution in [0.25, 0.3) is 0 Å². The number of pyridine rings is 1. The molecule has 2 atom stereocenters. The summed E-state index contributed by atoms with van der Waals surface area (Å²) in [5.74, 6) is 0.506. The molecular weight excluding hydrogens is 241 g/mol. The van der Waals surface area contributed by atoms with Crippen molar-refractivity contribution in [3.63, 3.8) is 0 Å². The summed E-state index contributed by atoms with van der Waals surface area (Å²) in [6.07, 6.45) is -1.52. The molecule has 2 unspecified atom stereocenters. The molecule has 0 amide bonds. The quantitative estimate of drug-likeness (QED) is 0.871. The Morgan fingerprint density at radius 3 is 2.39 bits per heavy atom. The van der Waals surface area contributed by atoms with Gasteiger partial charge < -0.3 is 5.32 Å². The van der Waals surface area contributed by atoms with Crippen molar-refractivity contribution in [3.05, 3.63) is 29.6 Å². The first-order chi connectivity index (χ1) is 8.38. The van der Waals surface area contributed by atoms with E-state index < -0.39 is 11.7 Å². The number of hydrogen-bond acceptors (Lipinski definition) is 2. The fourth-order valence-electron chi connectivity index (χ4n) is 1.73. The summed E-state index contributed by atoms with van der Waals surface area (Å²) in [6, 6.07) is 2.54. The number of aromatic nitrogens is 1. The van der Waals surface area contributed by atoms with Gasteiger partial charge in [-0.3, -0.25) is 4.98 Å². The topological polar surface area (TPSA) is 24.9 Å². The molecule has 18 heavy (non-hydrogen) atoms. The number of halogens is 3. The predicted molar refractivity (Wildman–Crippen MR) is 65.1 cm³/mol. The fraction of sp³-hybridized carbons (Fsp3) is 0.615. The zero-order valence-corrected chi connectivity index (χ0v) is 10.9. The van der Waals surface area contributed by atoms with Gasteiger partial charge in [-0.2, -0.15) is 13.2 Å². The van der Waals surface area contributed by atoms with Crippen molar-refractivity contribution >= 4 is 0 Å². The molecule has 1 aromatic rings. The minimum atomic E-state index is -4.32. The van der Waals surface area contributed by atoms with E-state index in [1.807, 2.05) is 0 Å². The molecule has 0 aliphatic heterocycles. The van der Waals surface area contributed by atoms with Crippen molar-refractivity contribution in [1.29, 1.82) is 0 Å². The van der Waals surface area contributed by atoms with Crippen molar-refractivity contribution in [3.8, 4) is 0 Å². The molecule has 0 bridgehead atoms. The van der Waals surface area contributed by atoms with E-state index in [1.165, 1.54) is 6.07 Å². The molecule has 0 aliphatic rings. The summed E-state index contributed by atoms with van der Waals surface area (Å²) in [5, 5.41) is 3.10. The number of rotatable bonds is 5. The van der Waals surface area contributed by atoms with Crippen molar-refractivity contribution in [2.24, 2.45) is 5.92 Å². The summed E-state index contributed by atoms with van der Waals surface area (Å²) < 4.78 is 37.2. The first-order valence-electron chi connectivity index (χ1n) is 6.08. The third kappa shape index (κ3) is 3.98. The SMILES string of the molecule is CCC(C)CC(NC)c1ccc(C(F)(F)F)cn1. The molecule has 0 spiro atoms. The highest BCUT2D eigenvalue weighted by molar-refractivity contribution is 5.19. The normalized spacial score (nSPS) is 15.4. The molecule has 2 nitrogen and oxygen atoms in total. The van der Waals surface area contributed by atoms with Crippen LogP contribution < -0.4 is 5.32 Å². The molecule has 0 saturated carbocycles. The monoisotopic (exact) mass is 260 g/mol. The second-order valence-corrected chi connectivity index (χ2v) is 4.56. The minimum absolute atomic E-state index is 0.00207. The van der Waals surface area contributed by atoms with E-state index in [0.717, 1.165) is 25.1 Å². The Morgan fingerprint density at radius 2 is 2.00 bits per heavy atom. The smallest absolute Gasteiger partial charge is 0.312 e. The first kappa shape index (κ1) is 15.0. The second kappa shape index (κ2) is 6.18. The van der Waals surface area contributed by atoms with Gasteiger partial charge in [-0.1, -0.05) is 20.3 Å². The Labute approximate surface area is 106 Å². The molecule has 5 heteroatoms. The molecule has 0 aromatic carbocycles. The minimum Gasteiger partial charge on any atom is -0.312 e. The van der Waals surface area contributed by atoms with E-state index in [-0.39, 0.29) is 6.04 Å². The standard InChI is InChI=1S/C13H19F3N2/c1-4-9(2)7-12(17-3)11-6-5-10(8-18-11)13(14,15)16/h5-6,8-9,12,17H,4,7H2,1-3H3. The van der Waals surface area contributed by atoms with E-state index in [1.54, 1.807) is 7.05 Å². The highest BCUT2D eigenvalue weighted by Gasteiger charge is 2.30. The van der Waals surface area contributed by atoms with Crippen LogP contribution >= 0.6 is 0 Å². The van der Waals surface area contributed by atoms with Crippen LogP contribution in [-0.4, -0.2) is 12.0 Å². The second-order valence-electron chi connectivity index (χ2n) is 4.56. The van der Waals surface area contributed by atoms with Crippen LogP contribution in [-0.2, 0) is 6.18 Å². The average Bonchev–Trinajstić information content (AvgIpc) is 2.34. The molecule has 1 N–H and O–H groups in total. The zero-order valence-electron chi connectivity index (χ0n) is 10.9. The number of hydrogen-bond donors (Lipinski definition) is 1. The van der Waals surface area contributed by atoms with Gasteiger partial charge in [0.15, 0.2) is 0 Å². The Bertz CT molecular complexity index is 359. The lowest BCUT2D eigenvalue weighted by atomic mass is 9.97. The third-order valence-corrected chi connectivity index (χ3v) is 3.15. The van der Waals surface area contributed by atoms with E-state index in [0.29, 0.717) is 11.6 Å². The zero-order chi connectivity index (χ0) is 13.8. The van der Waals surface area contributed by atoms with Crippen molar-refractivity contribution in [1.82, 2.24) is 10.3 Å². The summed E-state index contributed by atoms with van der Waals surface area (Å²) in [5.41, 5.74) is -0.0459. The van der Waals surface area contributed by atoms with Crippen molar-refractivity contribution in [2.75, 3.05) is 7.05 Å². The van der Waals surface area contributed by atoms with Crippen molar-refractivity contribution < 1.29 is 13.2 Å². The lowest BCUT2D eigenvalue weighted by molar-refractivity contribution is -0.137. The maximum atomic E-state index is 12.4. The van der Waals surface area contributed by atoms with Gasteiger partial charge in [0.2, 0.25) is 0 Å². The van der Waals surface area contributed by atoms with Crippen molar-refractivity contribution in [2.45, 2.75) is 38.9 Å². The number of nitrogens with zero attached hydrogens (tertiary/aromatic N) is 1. The van der Waals surface area contributed by atoms with Crippen LogP contribution in [0.1, 0.15) is 44.0 Å². The van der Waals surface area contributed by atoms with Crippen LogP contribution in [0.2, 0.25) is 0 Å². The molecule has 0 aliphatic carbocycles. The lowest BCUT2D eigenvalue weighted by Crippen LogP contribution is -2.20.